The minimum Gasteiger partial charge on any atom is -0.328 e. The summed E-state index contributed by atoms with van der Waals surface area (Å²) >= 11 is 6.01. The Hall–Kier alpha value is -1.06. The molecule has 1 aromatic carbocycles. The molecule has 1 amide bonds. The van der Waals surface area contributed by atoms with Gasteiger partial charge in [0.15, 0.2) is 0 Å². The summed E-state index contributed by atoms with van der Waals surface area (Å²) in [6, 6.07) is 5.73. The van der Waals surface area contributed by atoms with Crippen LogP contribution in [0.4, 0.5) is 5.69 Å². The molecule has 0 heterocycles. The van der Waals surface area contributed by atoms with Crippen LogP contribution in [0.1, 0.15) is 24.8 Å². The summed E-state index contributed by atoms with van der Waals surface area (Å²) in [5.41, 5.74) is 7.56. The van der Waals surface area contributed by atoms with E-state index in [1.807, 2.05) is 19.1 Å². The van der Waals surface area contributed by atoms with Crippen LogP contribution in [0.2, 0.25) is 5.02 Å². The summed E-state index contributed by atoms with van der Waals surface area (Å²) in [4.78, 5) is 11.9. The normalized spacial score (nSPS) is 23.7. The highest BCUT2D eigenvalue weighted by Crippen LogP contribution is 2.26. The van der Waals surface area contributed by atoms with Gasteiger partial charge < -0.3 is 11.1 Å². The number of carbonyl (C=O) groups excluding carboxylic acids is 1. The fourth-order valence-corrected chi connectivity index (χ4v) is 2.35. The quantitative estimate of drug-likeness (QED) is 0.850. The first-order valence-corrected chi connectivity index (χ1v) is 6.26. The number of hydrogen-bond acceptors (Lipinski definition) is 2. The topological polar surface area (TPSA) is 55.1 Å². The average molecular weight is 253 g/mol. The van der Waals surface area contributed by atoms with Gasteiger partial charge in [-0.05, 0) is 43.9 Å². The number of aryl methyl sites for hydroxylation is 1. The van der Waals surface area contributed by atoms with E-state index in [9.17, 15) is 4.79 Å². The summed E-state index contributed by atoms with van der Waals surface area (Å²) in [5.74, 6) is 0.1000. The van der Waals surface area contributed by atoms with Gasteiger partial charge >= 0.3 is 0 Å². The van der Waals surface area contributed by atoms with E-state index in [4.69, 9.17) is 17.3 Å². The van der Waals surface area contributed by atoms with Crippen molar-refractivity contribution in [1.82, 2.24) is 0 Å². The lowest BCUT2D eigenvalue weighted by Gasteiger charge is -2.11. The molecular formula is C13H17ClN2O. The second-order valence-electron chi connectivity index (χ2n) is 4.72. The molecule has 1 saturated carbocycles. The van der Waals surface area contributed by atoms with Crippen LogP contribution in [0.3, 0.4) is 0 Å². The average Bonchev–Trinajstić information content (AvgIpc) is 2.70. The molecule has 0 aromatic heterocycles. The van der Waals surface area contributed by atoms with Crippen LogP contribution in [-0.2, 0) is 4.79 Å². The van der Waals surface area contributed by atoms with Crippen molar-refractivity contribution in [2.45, 2.75) is 32.2 Å². The molecule has 3 nitrogen and oxygen atoms in total. The molecule has 0 radical (unpaired) electrons. The molecule has 0 bridgehead atoms. The molecule has 3 N–H and O–H groups in total. The van der Waals surface area contributed by atoms with Crippen molar-refractivity contribution in [3.63, 3.8) is 0 Å². The molecule has 1 aliphatic rings. The van der Waals surface area contributed by atoms with Gasteiger partial charge in [-0.25, -0.2) is 0 Å². The molecule has 0 spiro atoms. The Kier molecular flexibility index (Phi) is 3.69. The van der Waals surface area contributed by atoms with E-state index in [0.29, 0.717) is 5.02 Å². The van der Waals surface area contributed by atoms with Gasteiger partial charge in [0.05, 0.1) is 0 Å². The van der Waals surface area contributed by atoms with E-state index >= 15 is 0 Å². The third-order valence-corrected chi connectivity index (χ3v) is 3.69. The van der Waals surface area contributed by atoms with Crippen molar-refractivity contribution in [1.29, 1.82) is 0 Å². The number of halogens is 1. The van der Waals surface area contributed by atoms with Gasteiger partial charge in [-0.15, -0.1) is 0 Å². The Morgan fingerprint density at radius 2 is 2.24 bits per heavy atom. The van der Waals surface area contributed by atoms with E-state index in [0.717, 1.165) is 30.5 Å². The van der Waals surface area contributed by atoms with Crippen LogP contribution in [0.25, 0.3) is 0 Å². The second kappa shape index (κ2) is 5.07. The van der Waals surface area contributed by atoms with Crippen LogP contribution in [0.15, 0.2) is 18.2 Å². The van der Waals surface area contributed by atoms with E-state index in [2.05, 4.69) is 5.32 Å². The zero-order chi connectivity index (χ0) is 12.4. The third-order valence-electron chi connectivity index (χ3n) is 3.28. The van der Waals surface area contributed by atoms with Crippen LogP contribution < -0.4 is 11.1 Å². The van der Waals surface area contributed by atoms with Gasteiger partial charge in [0, 0.05) is 22.7 Å². The zero-order valence-corrected chi connectivity index (χ0v) is 10.6. The number of nitrogens with two attached hydrogens (primary N) is 1. The van der Waals surface area contributed by atoms with Crippen molar-refractivity contribution in [2.24, 2.45) is 11.7 Å². The Balaban J connectivity index is 2.00. The predicted octanol–water partition coefficient (Wildman–Crippen LogP) is 2.71. The molecule has 0 saturated heterocycles. The second-order valence-corrected chi connectivity index (χ2v) is 5.13. The highest BCUT2D eigenvalue weighted by atomic mass is 35.5. The molecule has 4 heteroatoms. The minimum atomic E-state index is 0.0464. The Bertz CT molecular complexity index is 433. The predicted molar refractivity (Wildman–Crippen MR) is 70.1 cm³/mol. The molecule has 92 valence electrons. The van der Waals surface area contributed by atoms with Crippen molar-refractivity contribution in [3.8, 4) is 0 Å². The molecule has 1 fully saturated rings. The number of carbonyl (C=O) groups is 1. The van der Waals surface area contributed by atoms with Crippen molar-refractivity contribution in [2.75, 3.05) is 5.32 Å². The monoisotopic (exact) mass is 252 g/mol. The van der Waals surface area contributed by atoms with Crippen molar-refractivity contribution < 1.29 is 4.79 Å². The lowest BCUT2D eigenvalue weighted by molar-refractivity contribution is -0.119. The van der Waals surface area contributed by atoms with Gasteiger partial charge in [0.1, 0.15) is 0 Å². The summed E-state index contributed by atoms with van der Waals surface area (Å²) in [7, 11) is 0. The third kappa shape index (κ3) is 2.99. The number of rotatable bonds is 2. The summed E-state index contributed by atoms with van der Waals surface area (Å²) in [6.45, 7) is 1.93. The van der Waals surface area contributed by atoms with Gasteiger partial charge in [0.25, 0.3) is 0 Å². The summed E-state index contributed by atoms with van der Waals surface area (Å²) < 4.78 is 0. The van der Waals surface area contributed by atoms with Crippen LogP contribution in [-0.4, -0.2) is 11.9 Å². The maximum atomic E-state index is 11.9. The van der Waals surface area contributed by atoms with E-state index < -0.39 is 0 Å². The minimum absolute atomic E-state index is 0.0464. The molecule has 1 aliphatic carbocycles. The van der Waals surface area contributed by atoms with E-state index in [-0.39, 0.29) is 17.9 Å². The summed E-state index contributed by atoms with van der Waals surface area (Å²) in [5, 5.41) is 3.57. The molecular weight excluding hydrogens is 236 g/mol. The first-order chi connectivity index (χ1) is 8.06. The number of anilines is 1. The highest BCUT2D eigenvalue weighted by molar-refractivity contribution is 6.31. The van der Waals surface area contributed by atoms with Crippen LogP contribution >= 0.6 is 11.6 Å². The van der Waals surface area contributed by atoms with Gasteiger partial charge in [-0.2, -0.15) is 0 Å². The van der Waals surface area contributed by atoms with E-state index in [1.165, 1.54) is 0 Å². The molecule has 2 unspecified atom stereocenters. The zero-order valence-electron chi connectivity index (χ0n) is 9.87. The first kappa shape index (κ1) is 12.4. The van der Waals surface area contributed by atoms with Crippen molar-refractivity contribution in [3.05, 3.63) is 28.8 Å². The molecule has 0 aliphatic heterocycles. The van der Waals surface area contributed by atoms with Gasteiger partial charge in [-0.1, -0.05) is 17.7 Å². The van der Waals surface area contributed by atoms with Crippen LogP contribution in [0, 0.1) is 12.8 Å². The Morgan fingerprint density at radius 1 is 1.47 bits per heavy atom. The molecule has 2 rings (SSSR count). The Morgan fingerprint density at radius 3 is 2.82 bits per heavy atom. The first-order valence-electron chi connectivity index (χ1n) is 5.89. The Labute approximate surface area is 106 Å². The van der Waals surface area contributed by atoms with Gasteiger partial charge in [-0.3, -0.25) is 4.79 Å². The fourth-order valence-electron chi connectivity index (χ4n) is 2.17. The smallest absolute Gasteiger partial charge is 0.227 e. The molecule has 1 aromatic rings. The molecule has 2 atom stereocenters. The maximum Gasteiger partial charge on any atom is 0.227 e. The van der Waals surface area contributed by atoms with Crippen LogP contribution in [0.5, 0.6) is 0 Å². The largest absolute Gasteiger partial charge is 0.328 e. The number of nitrogens with one attached hydrogen (secondary N) is 1. The summed E-state index contributed by atoms with van der Waals surface area (Å²) in [6.07, 6.45) is 2.60. The number of hydrogen-bond donors (Lipinski definition) is 2. The number of amides is 1. The van der Waals surface area contributed by atoms with Gasteiger partial charge in [0.2, 0.25) is 5.91 Å². The lowest BCUT2D eigenvalue weighted by Crippen LogP contribution is -2.23. The number of benzene rings is 1. The molecule has 17 heavy (non-hydrogen) atoms. The lowest BCUT2D eigenvalue weighted by atomic mass is 10.1. The van der Waals surface area contributed by atoms with E-state index in [1.54, 1.807) is 6.07 Å². The van der Waals surface area contributed by atoms with Crippen molar-refractivity contribution >= 4 is 23.2 Å². The standard InChI is InChI=1S/C13H17ClN2O/c1-8-2-5-11(7-12(8)14)16-13(17)9-3-4-10(15)6-9/h2,5,7,9-10H,3-4,6,15H2,1H3,(H,16,17). The maximum absolute atomic E-state index is 11.9. The fraction of sp³-hybridized carbons (Fsp3) is 0.462. The highest BCUT2D eigenvalue weighted by Gasteiger charge is 2.27. The SMILES string of the molecule is Cc1ccc(NC(=O)C2CCC(N)C2)cc1Cl.